The Bertz CT molecular complexity index is 773. The Hall–Kier alpha value is -1.72. The van der Waals surface area contributed by atoms with Gasteiger partial charge in [-0.2, -0.15) is 13.2 Å². The molecule has 2 aliphatic carbocycles. The van der Waals surface area contributed by atoms with Gasteiger partial charge in [0, 0.05) is 17.6 Å². The van der Waals surface area contributed by atoms with E-state index in [9.17, 15) is 26.3 Å². The monoisotopic (exact) mass is 430 g/mol. The Morgan fingerprint density at radius 2 is 1.60 bits per heavy atom. The highest BCUT2D eigenvalue weighted by Crippen LogP contribution is 2.42. The molecule has 0 amide bonds. The molecule has 0 radical (unpaired) electrons. The minimum Gasteiger partial charge on any atom is -0.207 e. The maximum absolute atomic E-state index is 14.8. The SMILES string of the molecule is CCCC1CCC(C2C=C(F)C(c3cc(F)c(CCC(F)(F)F)c(F)c3)=CC2)CC1. The summed E-state index contributed by atoms with van der Waals surface area (Å²) >= 11 is 0. The third-order valence-electron chi connectivity index (χ3n) is 6.52. The molecule has 0 bridgehead atoms. The number of hydrogen-bond donors (Lipinski definition) is 0. The van der Waals surface area contributed by atoms with Crippen molar-refractivity contribution in [3.63, 3.8) is 0 Å². The summed E-state index contributed by atoms with van der Waals surface area (Å²) in [5.74, 6) is -1.39. The number of rotatable bonds is 6. The Kier molecular flexibility index (Phi) is 7.35. The first-order valence-corrected chi connectivity index (χ1v) is 10.8. The van der Waals surface area contributed by atoms with E-state index in [-0.39, 0.29) is 17.1 Å². The zero-order chi connectivity index (χ0) is 21.9. The van der Waals surface area contributed by atoms with Crippen LogP contribution in [0.3, 0.4) is 0 Å². The average Bonchev–Trinajstić information content (AvgIpc) is 2.67. The number of halogens is 6. The summed E-state index contributed by atoms with van der Waals surface area (Å²) in [7, 11) is 0. The summed E-state index contributed by atoms with van der Waals surface area (Å²) in [6, 6.07) is 1.87. The molecule has 0 aromatic heterocycles. The van der Waals surface area contributed by atoms with Crippen LogP contribution in [-0.4, -0.2) is 6.18 Å². The van der Waals surface area contributed by atoms with Gasteiger partial charge in [0.2, 0.25) is 0 Å². The second-order valence-electron chi connectivity index (χ2n) is 8.64. The molecule has 166 valence electrons. The molecule has 1 aromatic rings. The van der Waals surface area contributed by atoms with Crippen LogP contribution >= 0.6 is 0 Å². The molecule has 3 rings (SSSR count). The average molecular weight is 430 g/mol. The van der Waals surface area contributed by atoms with Crippen molar-refractivity contribution in [3.8, 4) is 0 Å². The van der Waals surface area contributed by atoms with E-state index in [1.165, 1.54) is 12.8 Å². The summed E-state index contributed by atoms with van der Waals surface area (Å²) in [4.78, 5) is 0. The number of allylic oxidation sites excluding steroid dienone is 4. The van der Waals surface area contributed by atoms with Crippen LogP contribution in [-0.2, 0) is 6.42 Å². The fraction of sp³-hybridized carbons (Fsp3) is 0.583. The maximum Gasteiger partial charge on any atom is 0.389 e. The van der Waals surface area contributed by atoms with Crippen molar-refractivity contribution in [2.75, 3.05) is 0 Å². The summed E-state index contributed by atoms with van der Waals surface area (Å²) in [5, 5.41) is 0. The van der Waals surface area contributed by atoms with Crippen molar-refractivity contribution in [3.05, 3.63) is 52.9 Å². The highest BCUT2D eigenvalue weighted by atomic mass is 19.4. The molecule has 0 aliphatic heterocycles. The predicted molar refractivity (Wildman–Crippen MR) is 106 cm³/mol. The van der Waals surface area contributed by atoms with Crippen LogP contribution in [0.15, 0.2) is 30.1 Å². The Balaban J connectivity index is 1.68. The van der Waals surface area contributed by atoms with Crippen LogP contribution in [0.4, 0.5) is 26.3 Å². The number of alkyl halides is 3. The lowest BCUT2D eigenvalue weighted by atomic mass is 9.72. The molecule has 1 saturated carbocycles. The first kappa shape index (κ1) is 23.0. The van der Waals surface area contributed by atoms with Crippen molar-refractivity contribution in [2.45, 2.75) is 70.9 Å². The molecule has 1 atom stereocenters. The van der Waals surface area contributed by atoms with E-state index >= 15 is 0 Å². The van der Waals surface area contributed by atoms with E-state index in [0.717, 1.165) is 43.7 Å². The fourth-order valence-electron chi connectivity index (χ4n) is 4.86. The van der Waals surface area contributed by atoms with Gasteiger partial charge in [-0.25, -0.2) is 13.2 Å². The van der Waals surface area contributed by atoms with E-state index in [0.29, 0.717) is 12.3 Å². The van der Waals surface area contributed by atoms with E-state index in [2.05, 4.69) is 6.92 Å². The lowest BCUT2D eigenvalue weighted by molar-refractivity contribution is -0.134. The highest BCUT2D eigenvalue weighted by molar-refractivity contribution is 5.78. The van der Waals surface area contributed by atoms with E-state index in [4.69, 9.17) is 0 Å². The molecule has 0 heterocycles. The molecular weight excluding hydrogens is 402 g/mol. The maximum atomic E-state index is 14.8. The molecule has 0 nitrogen and oxygen atoms in total. The van der Waals surface area contributed by atoms with Crippen LogP contribution < -0.4 is 0 Å². The van der Waals surface area contributed by atoms with Gasteiger partial charge < -0.3 is 0 Å². The van der Waals surface area contributed by atoms with Gasteiger partial charge in [0.1, 0.15) is 17.5 Å². The zero-order valence-electron chi connectivity index (χ0n) is 17.2. The van der Waals surface area contributed by atoms with E-state index < -0.39 is 42.0 Å². The van der Waals surface area contributed by atoms with Crippen LogP contribution in [0.2, 0.25) is 0 Å². The molecule has 30 heavy (non-hydrogen) atoms. The molecule has 0 spiro atoms. The second kappa shape index (κ2) is 9.61. The second-order valence-corrected chi connectivity index (χ2v) is 8.64. The van der Waals surface area contributed by atoms with Crippen molar-refractivity contribution >= 4 is 5.57 Å². The third kappa shape index (κ3) is 5.70. The van der Waals surface area contributed by atoms with Crippen molar-refractivity contribution in [2.24, 2.45) is 17.8 Å². The van der Waals surface area contributed by atoms with Gasteiger partial charge in [-0.1, -0.05) is 38.7 Å². The number of benzene rings is 1. The van der Waals surface area contributed by atoms with Gasteiger partial charge in [0.05, 0.1) is 0 Å². The van der Waals surface area contributed by atoms with Gasteiger partial charge in [-0.3, -0.25) is 0 Å². The quantitative estimate of drug-likeness (QED) is 0.398. The molecule has 1 unspecified atom stereocenters. The van der Waals surface area contributed by atoms with Crippen LogP contribution in [0.1, 0.15) is 69.4 Å². The van der Waals surface area contributed by atoms with E-state index in [1.807, 2.05) is 0 Å². The smallest absolute Gasteiger partial charge is 0.207 e. The van der Waals surface area contributed by atoms with Gasteiger partial charge in [-0.05, 0) is 67.2 Å². The summed E-state index contributed by atoms with van der Waals surface area (Å²) in [6.45, 7) is 2.19. The zero-order valence-corrected chi connectivity index (χ0v) is 17.2. The lowest BCUT2D eigenvalue weighted by Gasteiger charge is -2.33. The molecule has 0 saturated heterocycles. The summed E-state index contributed by atoms with van der Waals surface area (Å²) in [6.07, 6.45) is 4.14. The largest absolute Gasteiger partial charge is 0.389 e. The van der Waals surface area contributed by atoms with Crippen molar-refractivity contribution in [1.82, 2.24) is 0 Å². The fourth-order valence-corrected chi connectivity index (χ4v) is 4.86. The van der Waals surface area contributed by atoms with Crippen LogP contribution in [0, 0.1) is 29.4 Å². The summed E-state index contributed by atoms with van der Waals surface area (Å²) in [5.41, 5.74) is -0.468. The van der Waals surface area contributed by atoms with Crippen LogP contribution in [0.5, 0.6) is 0 Å². The Labute approximate surface area is 174 Å². The minimum absolute atomic E-state index is 0.0274. The van der Waals surface area contributed by atoms with Crippen molar-refractivity contribution in [1.29, 1.82) is 0 Å². The summed E-state index contributed by atoms with van der Waals surface area (Å²) < 4.78 is 80.4. The van der Waals surface area contributed by atoms with Crippen molar-refractivity contribution < 1.29 is 26.3 Å². The molecule has 6 heteroatoms. The number of hydrogen-bond acceptors (Lipinski definition) is 0. The molecule has 2 aliphatic rings. The van der Waals surface area contributed by atoms with Gasteiger partial charge in [-0.15, -0.1) is 0 Å². The van der Waals surface area contributed by atoms with E-state index in [1.54, 1.807) is 12.2 Å². The third-order valence-corrected chi connectivity index (χ3v) is 6.52. The van der Waals surface area contributed by atoms with Crippen LogP contribution in [0.25, 0.3) is 5.57 Å². The highest BCUT2D eigenvalue weighted by Gasteiger charge is 2.30. The molecule has 1 aromatic carbocycles. The topological polar surface area (TPSA) is 0 Å². The normalized spacial score (nSPS) is 25.1. The van der Waals surface area contributed by atoms with Gasteiger partial charge in [0.25, 0.3) is 0 Å². The minimum atomic E-state index is -4.50. The van der Waals surface area contributed by atoms with Gasteiger partial charge in [0.15, 0.2) is 0 Å². The molecular formula is C24H28F6. The standard InChI is InChI=1S/C24H28F6/c1-2-3-15-4-6-16(7-5-15)17-8-9-19(21(25)12-17)18-13-22(26)20(23(27)14-18)10-11-24(28,29)30/h9,12-17H,2-8,10-11H2,1H3. The van der Waals surface area contributed by atoms with Gasteiger partial charge >= 0.3 is 6.18 Å². The Morgan fingerprint density at radius 1 is 0.967 bits per heavy atom. The predicted octanol–water partition coefficient (Wildman–Crippen LogP) is 8.32. The Morgan fingerprint density at radius 3 is 2.13 bits per heavy atom. The molecule has 0 N–H and O–H groups in total. The molecule has 1 fully saturated rings. The first-order valence-electron chi connectivity index (χ1n) is 10.8. The lowest BCUT2D eigenvalue weighted by Crippen LogP contribution is -2.22. The first-order chi connectivity index (χ1) is 14.2.